The number of likely N-dealkylation sites (tertiary alicyclic amines) is 1. The number of piperidine rings is 1. The van der Waals surface area contributed by atoms with E-state index in [1.807, 2.05) is 17.9 Å². The molecular weight excluding hydrogens is 410 g/mol. The Labute approximate surface area is 175 Å². The molecule has 0 aliphatic carbocycles. The van der Waals surface area contributed by atoms with Gasteiger partial charge in [-0.25, -0.2) is 13.6 Å². The van der Waals surface area contributed by atoms with E-state index in [0.717, 1.165) is 11.3 Å². The predicted octanol–water partition coefficient (Wildman–Crippen LogP) is 2.76. The first kappa shape index (κ1) is 21.5. The molecule has 1 aliphatic heterocycles. The van der Waals surface area contributed by atoms with E-state index in [1.165, 1.54) is 46.0 Å². The summed E-state index contributed by atoms with van der Waals surface area (Å²) in [7, 11) is -3.76. The fraction of sp³-hybridized carbons (Fsp3) is 0.400. The molecule has 156 valence electrons. The second-order valence-electron chi connectivity index (χ2n) is 7.17. The van der Waals surface area contributed by atoms with E-state index >= 15 is 0 Å². The van der Waals surface area contributed by atoms with Crippen LogP contribution in [0.5, 0.6) is 0 Å². The van der Waals surface area contributed by atoms with Gasteiger partial charge in [-0.15, -0.1) is 11.3 Å². The number of sulfonamides is 1. The number of nitrogens with zero attached hydrogens (tertiary/aromatic N) is 1. The summed E-state index contributed by atoms with van der Waals surface area (Å²) in [6.45, 7) is 5.20. The smallest absolute Gasteiger partial charge is 0.263 e. The van der Waals surface area contributed by atoms with Gasteiger partial charge in [-0.2, -0.15) is 0 Å². The van der Waals surface area contributed by atoms with Crippen LogP contribution in [0.15, 0.2) is 35.2 Å². The zero-order valence-electron chi connectivity index (χ0n) is 16.5. The summed E-state index contributed by atoms with van der Waals surface area (Å²) in [6, 6.07) is 7.73. The van der Waals surface area contributed by atoms with E-state index < -0.39 is 10.0 Å². The standard InChI is InChI=1S/C20H25N3O4S2/c1-3-14-12-18(28-13(14)2)20(25)23-10-8-15(9-11-23)19(24)22-16-4-6-17(7-5-16)29(21,26)27/h4-7,12,15H,3,8-11H2,1-2H3,(H,22,24)(H2,21,26,27). The number of anilines is 1. The van der Waals surface area contributed by atoms with Gasteiger partial charge in [0.1, 0.15) is 0 Å². The van der Waals surface area contributed by atoms with Gasteiger partial charge in [0.2, 0.25) is 15.9 Å². The molecule has 2 heterocycles. The van der Waals surface area contributed by atoms with Crippen molar-refractivity contribution in [2.75, 3.05) is 18.4 Å². The highest BCUT2D eigenvalue weighted by molar-refractivity contribution is 7.89. The summed E-state index contributed by atoms with van der Waals surface area (Å²) >= 11 is 1.53. The van der Waals surface area contributed by atoms with Crippen LogP contribution in [0.3, 0.4) is 0 Å². The Kier molecular flexibility index (Phi) is 6.40. The molecule has 0 atom stereocenters. The zero-order chi connectivity index (χ0) is 21.2. The largest absolute Gasteiger partial charge is 0.338 e. The van der Waals surface area contributed by atoms with Gasteiger partial charge in [0.05, 0.1) is 9.77 Å². The number of hydrogen-bond donors (Lipinski definition) is 2. The fourth-order valence-electron chi connectivity index (χ4n) is 3.45. The monoisotopic (exact) mass is 435 g/mol. The van der Waals surface area contributed by atoms with Gasteiger partial charge >= 0.3 is 0 Å². The van der Waals surface area contributed by atoms with Crippen molar-refractivity contribution >= 4 is 38.9 Å². The molecule has 1 fully saturated rings. The lowest BCUT2D eigenvalue weighted by atomic mass is 9.95. The van der Waals surface area contributed by atoms with Crippen molar-refractivity contribution in [2.24, 2.45) is 11.1 Å². The molecule has 1 aromatic heterocycles. The topological polar surface area (TPSA) is 110 Å². The van der Waals surface area contributed by atoms with E-state index in [9.17, 15) is 18.0 Å². The minimum atomic E-state index is -3.76. The summed E-state index contributed by atoms with van der Waals surface area (Å²) in [4.78, 5) is 29.0. The summed E-state index contributed by atoms with van der Waals surface area (Å²) < 4.78 is 22.6. The Bertz CT molecular complexity index is 1000. The van der Waals surface area contributed by atoms with Gasteiger partial charge in [0, 0.05) is 29.6 Å². The predicted molar refractivity (Wildman–Crippen MR) is 114 cm³/mol. The molecule has 1 aliphatic rings. The third kappa shape index (κ3) is 5.04. The summed E-state index contributed by atoms with van der Waals surface area (Å²) in [6.07, 6.45) is 2.10. The molecule has 1 aromatic carbocycles. The maximum absolute atomic E-state index is 12.7. The third-order valence-corrected chi connectivity index (χ3v) is 7.23. The molecule has 0 saturated carbocycles. The van der Waals surface area contributed by atoms with E-state index in [-0.39, 0.29) is 22.6 Å². The molecule has 0 spiro atoms. The number of benzene rings is 1. The zero-order valence-corrected chi connectivity index (χ0v) is 18.1. The molecule has 9 heteroatoms. The van der Waals surface area contributed by atoms with Crippen LogP contribution in [-0.4, -0.2) is 38.2 Å². The molecule has 3 rings (SSSR count). The lowest BCUT2D eigenvalue weighted by molar-refractivity contribution is -0.121. The molecule has 2 aromatic rings. The number of amides is 2. The van der Waals surface area contributed by atoms with Crippen molar-refractivity contribution in [1.82, 2.24) is 4.90 Å². The maximum atomic E-state index is 12.7. The average Bonchev–Trinajstić information content (AvgIpc) is 3.08. The summed E-state index contributed by atoms with van der Waals surface area (Å²) in [5.41, 5.74) is 1.73. The number of carbonyl (C=O) groups excluding carboxylic acids is 2. The van der Waals surface area contributed by atoms with Gasteiger partial charge in [-0.05, 0) is 62.1 Å². The van der Waals surface area contributed by atoms with E-state index in [1.54, 1.807) is 0 Å². The number of hydrogen-bond acceptors (Lipinski definition) is 5. The first-order chi connectivity index (χ1) is 13.7. The molecule has 0 unspecified atom stereocenters. The van der Waals surface area contributed by atoms with Crippen molar-refractivity contribution in [3.05, 3.63) is 45.6 Å². The Hall–Kier alpha value is -2.23. The molecule has 2 amide bonds. The molecule has 3 N–H and O–H groups in total. The van der Waals surface area contributed by atoms with Gasteiger partial charge in [0.25, 0.3) is 5.91 Å². The van der Waals surface area contributed by atoms with Crippen molar-refractivity contribution in [1.29, 1.82) is 0 Å². The lowest BCUT2D eigenvalue weighted by Gasteiger charge is -2.31. The summed E-state index contributed by atoms with van der Waals surface area (Å²) in [5, 5.41) is 7.88. The lowest BCUT2D eigenvalue weighted by Crippen LogP contribution is -2.41. The van der Waals surface area contributed by atoms with Crippen LogP contribution in [0.4, 0.5) is 5.69 Å². The average molecular weight is 436 g/mol. The number of nitrogens with two attached hydrogens (primary N) is 1. The molecule has 1 saturated heterocycles. The molecular formula is C20H25N3O4S2. The third-order valence-electron chi connectivity index (χ3n) is 5.22. The van der Waals surface area contributed by atoms with Crippen LogP contribution in [-0.2, 0) is 21.2 Å². The van der Waals surface area contributed by atoms with Crippen LogP contribution in [0.1, 0.15) is 39.9 Å². The second-order valence-corrected chi connectivity index (χ2v) is 9.99. The van der Waals surface area contributed by atoms with Crippen LogP contribution in [0.2, 0.25) is 0 Å². The Morgan fingerprint density at radius 2 is 1.83 bits per heavy atom. The van der Waals surface area contributed by atoms with E-state index in [2.05, 4.69) is 12.2 Å². The normalized spacial score (nSPS) is 15.3. The number of rotatable bonds is 5. The number of primary sulfonamides is 1. The Morgan fingerprint density at radius 1 is 1.21 bits per heavy atom. The SMILES string of the molecule is CCc1cc(C(=O)N2CCC(C(=O)Nc3ccc(S(N)(=O)=O)cc3)CC2)sc1C. The Balaban J connectivity index is 1.55. The molecule has 0 bridgehead atoms. The number of aryl methyl sites for hydroxylation is 2. The van der Waals surface area contributed by atoms with Crippen LogP contribution in [0.25, 0.3) is 0 Å². The van der Waals surface area contributed by atoms with Crippen molar-refractivity contribution in [3.63, 3.8) is 0 Å². The quantitative estimate of drug-likeness (QED) is 0.752. The van der Waals surface area contributed by atoms with Gasteiger partial charge in [0.15, 0.2) is 0 Å². The summed E-state index contributed by atoms with van der Waals surface area (Å²) in [5.74, 6) is -0.274. The Morgan fingerprint density at radius 3 is 2.34 bits per heavy atom. The van der Waals surface area contributed by atoms with Crippen LogP contribution < -0.4 is 10.5 Å². The fourth-order valence-corrected chi connectivity index (χ4v) is 5.05. The van der Waals surface area contributed by atoms with Crippen LogP contribution in [0, 0.1) is 12.8 Å². The van der Waals surface area contributed by atoms with Gasteiger partial charge < -0.3 is 10.2 Å². The maximum Gasteiger partial charge on any atom is 0.263 e. The van der Waals surface area contributed by atoms with Gasteiger partial charge in [-0.3, -0.25) is 9.59 Å². The highest BCUT2D eigenvalue weighted by atomic mass is 32.2. The van der Waals surface area contributed by atoms with Crippen molar-refractivity contribution < 1.29 is 18.0 Å². The van der Waals surface area contributed by atoms with Gasteiger partial charge in [-0.1, -0.05) is 6.92 Å². The highest BCUT2D eigenvalue weighted by Crippen LogP contribution is 2.26. The van der Waals surface area contributed by atoms with Crippen LogP contribution >= 0.6 is 11.3 Å². The molecule has 0 radical (unpaired) electrons. The van der Waals surface area contributed by atoms with E-state index in [4.69, 9.17) is 5.14 Å². The first-order valence-electron chi connectivity index (χ1n) is 9.51. The highest BCUT2D eigenvalue weighted by Gasteiger charge is 2.28. The van der Waals surface area contributed by atoms with Crippen molar-refractivity contribution in [3.8, 4) is 0 Å². The number of thiophene rings is 1. The first-order valence-corrected chi connectivity index (χ1v) is 11.9. The minimum absolute atomic E-state index is 0.00244. The van der Waals surface area contributed by atoms with Crippen molar-refractivity contribution in [2.45, 2.75) is 38.0 Å². The second kappa shape index (κ2) is 8.64. The van der Waals surface area contributed by atoms with E-state index in [0.29, 0.717) is 31.6 Å². The molecule has 29 heavy (non-hydrogen) atoms. The number of nitrogens with one attached hydrogen (secondary N) is 1. The molecule has 7 nitrogen and oxygen atoms in total. The number of carbonyl (C=O) groups is 2. The minimum Gasteiger partial charge on any atom is -0.338 e.